The van der Waals surface area contributed by atoms with Crippen molar-refractivity contribution in [2.24, 2.45) is 5.92 Å². The van der Waals surface area contributed by atoms with E-state index in [4.69, 9.17) is 16.9 Å². The van der Waals surface area contributed by atoms with Gasteiger partial charge in [-0.25, -0.2) is 4.39 Å². The normalized spacial score (nSPS) is 19.1. The molecule has 5 heteroatoms. The van der Waals surface area contributed by atoms with Crippen molar-refractivity contribution in [3.8, 4) is 6.07 Å². The highest BCUT2D eigenvalue weighted by Gasteiger charge is 2.29. The van der Waals surface area contributed by atoms with Crippen LogP contribution in [0.4, 0.5) is 4.39 Å². The Balaban J connectivity index is 2.99. The van der Waals surface area contributed by atoms with Crippen LogP contribution in [0.1, 0.15) is 19.8 Å². The van der Waals surface area contributed by atoms with Crippen LogP contribution in [0.25, 0.3) is 0 Å². The van der Waals surface area contributed by atoms with Gasteiger partial charge in [-0.15, -0.1) is 11.6 Å². The third kappa shape index (κ3) is 3.07. The molecule has 17 heavy (non-hydrogen) atoms. The maximum atomic E-state index is 13.0. The predicted molar refractivity (Wildman–Crippen MR) is 61.9 cm³/mol. The van der Waals surface area contributed by atoms with Crippen molar-refractivity contribution in [3.05, 3.63) is 23.0 Å². The zero-order valence-electron chi connectivity index (χ0n) is 9.67. The maximum absolute atomic E-state index is 13.0. The molecule has 0 aromatic carbocycles. The summed E-state index contributed by atoms with van der Waals surface area (Å²) in [6.45, 7) is 1.73. The quantitative estimate of drug-likeness (QED) is 0.577. The van der Waals surface area contributed by atoms with E-state index in [0.717, 1.165) is 0 Å². The molecule has 0 heterocycles. The lowest BCUT2D eigenvalue weighted by atomic mass is 9.86. The van der Waals surface area contributed by atoms with Gasteiger partial charge in [-0.2, -0.15) is 5.26 Å². The van der Waals surface area contributed by atoms with E-state index >= 15 is 0 Å². The molecule has 0 amide bonds. The summed E-state index contributed by atoms with van der Waals surface area (Å²) in [6.07, 6.45) is 1.86. The van der Waals surface area contributed by atoms with E-state index in [1.54, 1.807) is 6.92 Å². The molecular formula is C12H13ClFNO2. The molecule has 0 aliphatic heterocycles. The minimum Gasteiger partial charge on any atom is -0.468 e. The SMILES string of the molecule is COC(=O)C(Cl)C(C)C1=C(C#N)C=C(F)CC1. The molecular weight excluding hydrogens is 245 g/mol. The first kappa shape index (κ1) is 13.7. The predicted octanol–water partition coefficient (Wildman–Crippen LogP) is 2.87. The minimum atomic E-state index is -0.854. The number of nitriles is 1. The molecule has 0 bridgehead atoms. The number of carbonyl (C=O) groups is 1. The number of esters is 1. The summed E-state index contributed by atoms with van der Waals surface area (Å²) in [4.78, 5) is 11.3. The number of carbonyl (C=O) groups excluding carboxylic acids is 1. The molecule has 0 spiro atoms. The van der Waals surface area contributed by atoms with Crippen LogP contribution in [0.3, 0.4) is 0 Å². The molecule has 0 aromatic rings. The molecule has 0 saturated carbocycles. The summed E-state index contributed by atoms with van der Waals surface area (Å²) >= 11 is 5.94. The van der Waals surface area contributed by atoms with Gasteiger partial charge in [0.15, 0.2) is 0 Å². The van der Waals surface area contributed by atoms with Gasteiger partial charge in [-0.1, -0.05) is 6.92 Å². The topological polar surface area (TPSA) is 50.1 Å². The van der Waals surface area contributed by atoms with Gasteiger partial charge in [-0.05, 0) is 18.1 Å². The minimum absolute atomic E-state index is 0.246. The zero-order chi connectivity index (χ0) is 13.0. The Morgan fingerprint density at radius 1 is 1.65 bits per heavy atom. The fraction of sp³-hybridized carbons (Fsp3) is 0.500. The number of nitrogens with zero attached hydrogens (tertiary/aromatic N) is 1. The Bertz CT molecular complexity index is 423. The van der Waals surface area contributed by atoms with Gasteiger partial charge >= 0.3 is 5.97 Å². The Hall–Kier alpha value is -1.34. The van der Waals surface area contributed by atoms with Gasteiger partial charge in [0, 0.05) is 12.3 Å². The molecule has 0 saturated heterocycles. The third-order valence-electron chi connectivity index (χ3n) is 2.82. The fourth-order valence-electron chi connectivity index (χ4n) is 1.78. The Morgan fingerprint density at radius 3 is 2.82 bits per heavy atom. The van der Waals surface area contributed by atoms with Gasteiger partial charge in [0.2, 0.25) is 0 Å². The summed E-state index contributed by atoms with van der Waals surface area (Å²) in [7, 11) is 1.25. The van der Waals surface area contributed by atoms with Crippen LogP contribution in [0, 0.1) is 17.2 Å². The van der Waals surface area contributed by atoms with E-state index in [1.807, 2.05) is 6.07 Å². The van der Waals surface area contributed by atoms with Gasteiger partial charge in [-0.3, -0.25) is 4.79 Å². The van der Waals surface area contributed by atoms with Crippen LogP contribution < -0.4 is 0 Å². The van der Waals surface area contributed by atoms with E-state index < -0.39 is 11.3 Å². The maximum Gasteiger partial charge on any atom is 0.324 e. The highest BCUT2D eigenvalue weighted by Crippen LogP contribution is 2.32. The van der Waals surface area contributed by atoms with Crippen molar-refractivity contribution in [3.63, 3.8) is 0 Å². The van der Waals surface area contributed by atoms with E-state index in [2.05, 4.69) is 4.74 Å². The standard InChI is InChI=1S/C12H13ClFNO2/c1-7(11(13)12(16)17-2)10-4-3-9(14)5-8(10)6-15/h5,7,11H,3-4H2,1-2H3. The summed E-state index contributed by atoms with van der Waals surface area (Å²) in [5.41, 5.74) is 0.968. The third-order valence-corrected chi connectivity index (χ3v) is 3.37. The number of alkyl halides is 1. The molecule has 0 radical (unpaired) electrons. The number of rotatable bonds is 3. The second-order valence-electron chi connectivity index (χ2n) is 3.86. The number of hydrogen-bond acceptors (Lipinski definition) is 3. The highest BCUT2D eigenvalue weighted by molar-refractivity contribution is 6.30. The van der Waals surface area contributed by atoms with Crippen molar-refractivity contribution < 1.29 is 13.9 Å². The van der Waals surface area contributed by atoms with Gasteiger partial charge < -0.3 is 4.74 Å². The summed E-state index contributed by atoms with van der Waals surface area (Å²) in [5.74, 6) is -1.20. The van der Waals surface area contributed by atoms with E-state index in [0.29, 0.717) is 12.0 Å². The van der Waals surface area contributed by atoms with Crippen LogP contribution in [0.2, 0.25) is 0 Å². The van der Waals surface area contributed by atoms with Gasteiger partial charge in [0.25, 0.3) is 0 Å². The molecule has 2 unspecified atom stereocenters. The van der Waals surface area contributed by atoms with Crippen LogP contribution in [0.5, 0.6) is 0 Å². The first-order valence-corrected chi connectivity index (χ1v) is 5.66. The lowest BCUT2D eigenvalue weighted by Crippen LogP contribution is -2.26. The highest BCUT2D eigenvalue weighted by atomic mass is 35.5. The molecule has 1 aliphatic rings. The molecule has 0 aromatic heterocycles. The summed E-state index contributed by atoms with van der Waals surface area (Å²) in [6, 6.07) is 1.93. The Morgan fingerprint density at radius 2 is 2.29 bits per heavy atom. The number of halogens is 2. The smallest absolute Gasteiger partial charge is 0.324 e. The van der Waals surface area contributed by atoms with Crippen LogP contribution in [0.15, 0.2) is 23.0 Å². The average molecular weight is 258 g/mol. The van der Waals surface area contributed by atoms with Crippen molar-refractivity contribution in [2.45, 2.75) is 25.1 Å². The second kappa shape index (κ2) is 5.83. The number of ether oxygens (including phenoxy) is 1. The Kier molecular flexibility index (Phi) is 4.71. The molecule has 1 aliphatic carbocycles. The first-order chi connectivity index (χ1) is 8.01. The fourth-order valence-corrected chi connectivity index (χ4v) is 2.02. The van der Waals surface area contributed by atoms with E-state index in [9.17, 15) is 9.18 Å². The lowest BCUT2D eigenvalue weighted by Gasteiger charge is -2.22. The van der Waals surface area contributed by atoms with Crippen molar-refractivity contribution >= 4 is 17.6 Å². The molecule has 0 fully saturated rings. The van der Waals surface area contributed by atoms with Crippen molar-refractivity contribution in [1.29, 1.82) is 5.26 Å². The summed E-state index contributed by atoms with van der Waals surface area (Å²) in [5, 5.41) is 8.07. The average Bonchev–Trinajstić information content (AvgIpc) is 2.35. The monoisotopic (exact) mass is 257 g/mol. The van der Waals surface area contributed by atoms with Gasteiger partial charge in [0.1, 0.15) is 11.2 Å². The van der Waals surface area contributed by atoms with Crippen molar-refractivity contribution in [1.82, 2.24) is 0 Å². The largest absolute Gasteiger partial charge is 0.468 e. The first-order valence-electron chi connectivity index (χ1n) is 5.22. The molecule has 3 nitrogen and oxygen atoms in total. The summed E-state index contributed by atoms with van der Waals surface area (Å²) < 4.78 is 17.6. The second-order valence-corrected chi connectivity index (χ2v) is 4.33. The molecule has 0 N–H and O–H groups in total. The van der Waals surface area contributed by atoms with Gasteiger partial charge in [0.05, 0.1) is 18.8 Å². The van der Waals surface area contributed by atoms with E-state index in [-0.39, 0.29) is 23.7 Å². The molecule has 2 atom stereocenters. The number of hydrogen-bond donors (Lipinski definition) is 0. The van der Waals surface area contributed by atoms with Crippen LogP contribution in [-0.4, -0.2) is 18.5 Å². The molecule has 92 valence electrons. The number of allylic oxidation sites excluding steroid dienone is 4. The number of methoxy groups -OCH3 is 1. The zero-order valence-corrected chi connectivity index (χ0v) is 10.4. The van der Waals surface area contributed by atoms with Crippen molar-refractivity contribution in [2.75, 3.05) is 7.11 Å². The molecule has 1 rings (SSSR count). The Labute approximate surface area is 105 Å². The van der Waals surface area contributed by atoms with Crippen LogP contribution in [-0.2, 0) is 9.53 Å². The lowest BCUT2D eigenvalue weighted by molar-refractivity contribution is -0.140. The van der Waals surface area contributed by atoms with E-state index in [1.165, 1.54) is 13.2 Å². The van der Waals surface area contributed by atoms with Crippen LogP contribution >= 0.6 is 11.6 Å².